The molecule has 1 amide bonds. The smallest absolute Gasteiger partial charge is 0.381 e. The monoisotopic (exact) mass is 538 g/mol. The Morgan fingerprint density at radius 2 is 1.79 bits per heavy atom. The number of nitrogens with one attached hydrogen (secondary N) is 1. The van der Waals surface area contributed by atoms with E-state index in [9.17, 15) is 18.0 Å². The number of alkyl halides is 3. The van der Waals surface area contributed by atoms with Crippen LogP contribution in [0.5, 0.6) is 0 Å². The van der Waals surface area contributed by atoms with Gasteiger partial charge in [-0.15, -0.1) is 0 Å². The third-order valence-corrected chi connectivity index (χ3v) is 7.59. The number of likely N-dealkylation sites (tertiary alicyclic amines) is 1. The Hall–Kier alpha value is -3.30. The van der Waals surface area contributed by atoms with E-state index in [0.717, 1.165) is 55.5 Å². The van der Waals surface area contributed by atoms with Crippen LogP contribution in [0.2, 0.25) is 0 Å². The van der Waals surface area contributed by atoms with E-state index in [4.69, 9.17) is 4.74 Å². The van der Waals surface area contributed by atoms with Gasteiger partial charge in [0.05, 0.1) is 11.6 Å². The van der Waals surface area contributed by atoms with Crippen molar-refractivity contribution >= 4 is 5.91 Å². The van der Waals surface area contributed by atoms with Crippen molar-refractivity contribution in [2.45, 2.75) is 57.3 Å². The number of carbonyl (C=O) groups excluding carboxylic acids is 1. The Morgan fingerprint density at radius 1 is 1.08 bits per heavy atom. The predicted octanol–water partition coefficient (Wildman–Crippen LogP) is 6.14. The van der Waals surface area contributed by atoms with Crippen LogP contribution in [0, 0.1) is 0 Å². The molecule has 1 aromatic heterocycles. The summed E-state index contributed by atoms with van der Waals surface area (Å²) in [5.74, 6) is 0.546. The first kappa shape index (κ1) is 27.3. The van der Waals surface area contributed by atoms with Gasteiger partial charge in [0.1, 0.15) is 11.5 Å². The second-order valence-corrected chi connectivity index (χ2v) is 10.4. The number of hydrogen-bond donors (Lipinski definition) is 1. The van der Waals surface area contributed by atoms with Gasteiger partial charge in [0.25, 0.3) is 5.91 Å². The average molecular weight is 539 g/mol. The normalized spacial score (nSPS) is 17.7. The van der Waals surface area contributed by atoms with E-state index in [1.165, 1.54) is 12.1 Å². The Morgan fingerprint density at radius 3 is 2.49 bits per heavy atom. The molecule has 2 aliphatic heterocycles. The largest absolute Gasteiger partial charge is 0.416 e. The maximum Gasteiger partial charge on any atom is 0.416 e. The summed E-state index contributed by atoms with van der Waals surface area (Å²) in [4.78, 5) is 24.1. The second-order valence-electron chi connectivity index (χ2n) is 10.4. The summed E-state index contributed by atoms with van der Waals surface area (Å²) in [5, 5.41) is 2.98. The molecule has 0 saturated carbocycles. The highest BCUT2D eigenvalue weighted by Gasteiger charge is 2.31. The van der Waals surface area contributed by atoms with E-state index in [-0.39, 0.29) is 17.9 Å². The lowest BCUT2D eigenvalue weighted by Gasteiger charge is -2.21. The van der Waals surface area contributed by atoms with Gasteiger partial charge in [-0.1, -0.05) is 30.3 Å². The average Bonchev–Trinajstić information content (AvgIpc) is 3.46. The minimum Gasteiger partial charge on any atom is -0.381 e. The first-order chi connectivity index (χ1) is 18.8. The maximum atomic E-state index is 13.5. The van der Waals surface area contributed by atoms with E-state index in [2.05, 4.69) is 20.2 Å². The lowest BCUT2D eigenvalue weighted by molar-refractivity contribution is -0.137. The van der Waals surface area contributed by atoms with Gasteiger partial charge in [0.2, 0.25) is 0 Å². The Kier molecular flexibility index (Phi) is 8.28. The van der Waals surface area contributed by atoms with Gasteiger partial charge >= 0.3 is 6.18 Å². The summed E-state index contributed by atoms with van der Waals surface area (Å²) in [6.45, 7) is 5.74. The van der Waals surface area contributed by atoms with E-state index < -0.39 is 11.7 Å². The number of nitrogens with zero attached hydrogens (tertiary/aromatic N) is 3. The highest BCUT2D eigenvalue weighted by atomic mass is 19.4. The van der Waals surface area contributed by atoms with Gasteiger partial charge in [0, 0.05) is 31.9 Å². The highest BCUT2D eigenvalue weighted by Crippen LogP contribution is 2.35. The van der Waals surface area contributed by atoms with Crippen molar-refractivity contribution in [2.24, 2.45) is 0 Å². The molecule has 0 bridgehead atoms. The van der Waals surface area contributed by atoms with Crippen LogP contribution in [-0.4, -0.2) is 47.1 Å². The Bertz CT molecular complexity index is 1280. The SMILES string of the molecule is C[C@@H](NC(=O)c1ccnc(C2CCOCC2)n1)c1ccc(-c2cc(C(F)(F)F)ccc2CN2CCCC2)cc1. The maximum absolute atomic E-state index is 13.5. The molecule has 39 heavy (non-hydrogen) atoms. The summed E-state index contributed by atoms with van der Waals surface area (Å²) >= 11 is 0. The number of aromatic nitrogens is 2. The molecule has 9 heteroatoms. The lowest BCUT2D eigenvalue weighted by atomic mass is 9.95. The van der Waals surface area contributed by atoms with Crippen LogP contribution in [0.25, 0.3) is 11.1 Å². The van der Waals surface area contributed by atoms with Crippen LogP contribution < -0.4 is 5.32 Å². The predicted molar refractivity (Wildman–Crippen MR) is 142 cm³/mol. The van der Waals surface area contributed by atoms with Crippen LogP contribution in [0.3, 0.4) is 0 Å². The minimum absolute atomic E-state index is 0.183. The fourth-order valence-electron chi connectivity index (χ4n) is 5.30. The fraction of sp³-hybridized carbons (Fsp3) is 0.433. The summed E-state index contributed by atoms with van der Waals surface area (Å²) < 4.78 is 46.0. The first-order valence-corrected chi connectivity index (χ1v) is 13.5. The van der Waals surface area contributed by atoms with Gasteiger partial charge in [-0.3, -0.25) is 9.69 Å². The van der Waals surface area contributed by atoms with Gasteiger partial charge in [-0.25, -0.2) is 9.97 Å². The second kappa shape index (κ2) is 11.8. The zero-order valence-corrected chi connectivity index (χ0v) is 22.0. The lowest BCUT2D eigenvalue weighted by Crippen LogP contribution is -2.28. The number of halogens is 3. The van der Waals surface area contributed by atoms with Crippen LogP contribution in [-0.2, 0) is 17.5 Å². The van der Waals surface area contributed by atoms with Crippen LogP contribution in [0.15, 0.2) is 54.7 Å². The first-order valence-electron chi connectivity index (χ1n) is 13.5. The molecule has 3 heterocycles. The van der Waals surface area contributed by atoms with E-state index in [1.54, 1.807) is 18.3 Å². The molecule has 1 atom stereocenters. The van der Waals surface area contributed by atoms with Crippen molar-refractivity contribution < 1.29 is 22.7 Å². The summed E-state index contributed by atoms with van der Waals surface area (Å²) in [6.07, 6.45) is 1.09. The fourth-order valence-corrected chi connectivity index (χ4v) is 5.30. The number of benzene rings is 2. The molecule has 2 saturated heterocycles. The van der Waals surface area contributed by atoms with Crippen LogP contribution in [0.4, 0.5) is 13.2 Å². The Balaban J connectivity index is 1.31. The molecular formula is C30H33F3N4O2. The van der Waals surface area contributed by atoms with E-state index >= 15 is 0 Å². The zero-order valence-electron chi connectivity index (χ0n) is 22.0. The van der Waals surface area contributed by atoms with E-state index in [1.807, 2.05) is 31.2 Å². The third-order valence-electron chi connectivity index (χ3n) is 7.59. The molecule has 2 aliphatic rings. The standard InChI is InChI=1S/C30H33F3N4O2/c1-20(35-29(38)27-10-13-34-28(36-27)23-11-16-39-17-12-23)21-4-6-22(7-5-21)26-18-25(30(31,32)33)9-8-24(26)19-37-14-2-3-15-37/h4-10,13,18,20,23H,2-3,11-12,14-17,19H2,1H3,(H,35,38)/t20-/m1/s1. The molecule has 2 aromatic carbocycles. The molecule has 2 fully saturated rings. The summed E-state index contributed by atoms with van der Waals surface area (Å²) in [6, 6.07) is 12.7. The van der Waals surface area contributed by atoms with Crippen molar-refractivity contribution in [1.29, 1.82) is 0 Å². The molecule has 1 N–H and O–H groups in total. The summed E-state index contributed by atoms with van der Waals surface area (Å²) in [5.41, 5.74) is 2.68. The van der Waals surface area contributed by atoms with Crippen LogP contribution >= 0.6 is 0 Å². The van der Waals surface area contributed by atoms with Gasteiger partial charge in [0.15, 0.2) is 0 Å². The topological polar surface area (TPSA) is 67.3 Å². The Labute approximate surface area is 226 Å². The minimum atomic E-state index is -4.41. The summed E-state index contributed by atoms with van der Waals surface area (Å²) in [7, 11) is 0. The van der Waals surface area contributed by atoms with Crippen molar-refractivity contribution in [1.82, 2.24) is 20.2 Å². The van der Waals surface area contributed by atoms with Gasteiger partial charge in [-0.05, 0) is 86.1 Å². The number of hydrogen-bond acceptors (Lipinski definition) is 5. The number of ether oxygens (including phenoxy) is 1. The van der Waals surface area contributed by atoms with Crippen molar-refractivity contribution in [3.8, 4) is 11.1 Å². The number of amides is 1. The molecule has 206 valence electrons. The van der Waals surface area contributed by atoms with Gasteiger partial charge in [-0.2, -0.15) is 13.2 Å². The van der Waals surface area contributed by atoms with E-state index in [0.29, 0.717) is 36.8 Å². The quantitative estimate of drug-likeness (QED) is 0.391. The molecule has 5 rings (SSSR count). The molecule has 3 aromatic rings. The van der Waals surface area contributed by atoms with Crippen molar-refractivity contribution in [3.05, 3.63) is 82.9 Å². The third kappa shape index (κ3) is 6.65. The van der Waals surface area contributed by atoms with Crippen molar-refractivity contribution in [3.63, 3.8) is 0 Å². The number of rotatable bonds is 7. The molecule has 0 unspecified atom stereocenters. The van der Waals surface area contributed by atoms with Gasteiger partial charge < -0.3 is 10.1 Å². The highest BCUT2D eigenvalue weighted by molar-refractivity contribution is 5.92. The molecule has 0 radical (unpaired) electrons. The number of carbonyl (C=O) groups is 1. The van der Waals surface area contributed by atoms with Crippen LogP contribution in [0.1, 0.15) is 77.6 Å². The van der Waals surface area contributed by atoms with Crippen molar-refractivity contribution in [2.75, 3.05) is 26.3 Å². The molecule has 0 aliphatic carbocycles. The molecule has 6 nitrogen and oxygen atoms in total. The zero-order chi connectivity index (χ0) is 27.4. The molecular weight excluding hydrogens is 505 g/mol. The molecule has 0 spiro atoms.